The number of benzene rings is 1. The maximum atomic E-state index is 13.4. The number of amides is 1. The summed E-state index contributed by atoms with van der Waals surface area (Å²) in [6.07, 6.45) is 6.44. The number of aryl methyl sites for hydroxylation is 3. The van der Waals surface area contributed by atoms with Crippen LogP contribution in [0.5, 0.6) is 0 Å². The lowest BCUT2D eigenvalue weighted by atomic mass is 9.97. The van der Waals surface area contributed by atoms with E-state index in [1.54, 1.807) is 11.3 Å². The van der Waals surface area contributed by atoms with Crippen LogP contribution in [0.3, 0.4) is 0 Å². The van der Waals surface area contributed by atoms with Gasteiger partial charge in [0.1, 0.15) is 4.83 Å². The van der Waals surface area contributed by atoms with Crippen molar-refractivity contribution in [1.82, 2.24) is 19.0 Å². The second-order valence-corrected chi connectivity index (χ2v) is 10.1. The molecule has 3 aromatic heterocycles. The fourth-order valence-electron chi connectivity index (χ4n) is 5.18. The fraction of sp³-hybridized carbons (Fsp3) is 0.400. The molecule has 0 saturated carbocycles. The van der Waals surface area contributed by atoms with Crippen LogP contribution in [0.25, 0.3) is 26.8 Å². The monoisotopic (exact) mass is 478 g/mol. The first kappa shape index (κ1) is 21.4. The van der Waals surface area contributed by atoms with Crippen LogP contribution in [0.2, 0.25) is 0 Å². The molecule has 1 N–H and O–H groups in total. The third kappa shape index (κ3) is 3.59. The number of ether oxygens (including phenoxy) is 1. The zero-order chi connectivity index (χ0) is 23.2. The summed E-state index contributed by atoms with van der Waals surface area (Å²) < 4.78 is 8.62. The zero-order valence-corrected chi connectivity index (χ0v) is 19.7. The third-order valence-electron chi connectivity index (χ3n) is 6.95. The predicted molar refractivity (Wildman–Crippen MR) is 132 cm³/mol. The highest BCUT2D eigenvalue weighted by Gasteiger charge is 2.22. The molecule has 1 aliphatic carbocycles. The van der Waals surface area contributed by atoms with Gasteiger partial charge in [0.25, 0.3) is 5.56 Å². The highest BCUT2D eigenvalue weighted by Crippen LogP contribution is 2.33. The molecule has 9 heteroatoms. The standard InChI is InChI=1S/C25H26N4O4S/c30-21(28-11-13-33-14-12-28)8-10-27-9-7-16-15-17(5-6-19(16)27)29-24(31)22-18-3-1-2-4-20(18)34-23(22)26-25(29)32/h5-7,9,15H,1-4,8,10-14H2,(H,26,32). The van der Waals surface area contributed by atoms with Gasteiger partial charge in [0, 0.05) is 48.0 Å². The number of carbonyl (C=O) groups excluding carboxylic acids is 1. The average molecular weight is 479 g/mol. The highest BCUT2D eigenvalue weighted by molar-refractivity contribution is 7.18. The lowest BCUT2D eigenvalue weighted by Crippen LogP contribution is -2.40. The Morgan fingerprint density at radius 1 is 1.09 bits per heavy atom. The Hall–Kier alpha value is -3.17. The highest BCUT2D eigenvalue weighted by atomic mass is 32.1. The molecular formula is C25H26N4O4S. The minimum atomic E-state index is -0.411. The molecule has 2 aliphatic rings. The molecule has 0 spiro atoms. The summed E-state index contributed by atoms with van der Waals surface area (Å²) in [5.74, 6) is 0.132. The lowest BCUT2D eigenvalue weighted by molar-refractivity contribution is -0.135. The molecule has 1 aliphatic heterocycles. The van der Waals surface area contributed by atoms with Crippen LogP contribution in [-0.2, 0) is 28.9 Å². The summed E-state index contributed by atoms with van der Waals surface area (Å²) in [5, 5.41) is 1.59. The first-order valence-electron chi connectivity index (χ1n) is 11.8. The number of carbonyl (C=O) groups is 1. The molecule has 1 saturated heterocycles. The zero-order valence-electron chi connectivity index (χ0n) is 18.8. The molecule has 0 unspecified atom stereocenters. The van der Waals surface area contributed by atoms with Crippen LogP contribution >= 0.6 is 11.3 Å². The van der Waals surface area contributed by atoms with Crippen molar-refractivity contribution < 1.29 is 9.53 Å². The number of fused-ring (bicyclic) bond motifs is 4. The molecule has 0 atom stereocenters. The molecule has 4 aromatic rings. The second-order valence-electron chi connectivity index (χ2n) is 8.98. The van der Waals surface area contributed by atoms with Gasteiger partial charge < -0.3 is 14.2 Å². The Morgan fingerprint density at radius 3 is 2.76 bits per heavy atom. The van der Waals surface area contributed by atoms with Gasteiger partial charge in [0.2, 0.25) is 5.91 Å². The molecule has 1 aromatic carbocycles. The van der Waals surface area contributed by atoms with Crippen molar-refractivity contribution in [3.8, 4) is 5.69 Å². The van der Waals surface area contributed by atoms with E-state index in [1.807, 2.05) is 39.9 Å². The normalized spacial score (nSPS) is 16.3. The van der Waals surface area contributed by atoms with Gasteiger partial charge in [0.05, 0.1) is 24.3 Å². The second kappa shape index (κ2) is 8.56. The average Bonchev–Trinajstić information content (AvgIpc) is 3.43. The van der Waals surface area contributed by atoms with Crippen molar-refractivity contribution in [2.45, 2.75) is 38.6 Å². The Morgan fingerprint density at radius 2 is 1.91 bits per heavy atom. The number of aromatic nitrogens is 3. The van der Waals surface area contributed by atoms with E-state index in [2.05, 4.69) is 4.98 Å². The lowest BCUT2D eigenvalue weighted by Gasteiger charge is -2.27. The summed E-state index contributed by atoms with van der Waals surface area (Å²) in [7, 11) is 0. The first-order valence-corrected chi connectivity index (χ1v) is 12.7. The van der Waals surface area contributed by atoms with Crippen LogP contribution in [-0.4, -0.2) is 51.2 Å². The van der Waals surface area contributed by atoms with Crippen molar-refractivity contribution in [2.75, 3.05) is 26.3 Å². The molecule has 6 rings (SSSR count). The van der Waals surface area contributed by atoms with E-state index in [-0.39, 0.29) is 11.5 Å². The van der Waals surface area contributed by atoms with E-state index in [9.17, 15) is 14.4 Å². The number of rotatable bonds is 4. The quantitative estimate of drug-likeness (QED) is 0.489. The van der Waals surface area contributed by atoms with Gasteiger partial charge in [-0.1, -0.05) is 0 Å². The Kier molecular flexibility index (Phi) is 5.38. The Balaban J connectivity index is 1.32. The topological polar surface area (TPSA) is 89.3 Å². The number of nitrogens with one attached hydrogen (secondary N) is 1. The van der Waals surface area contributed by atoms with Crippen LogP contribution in [0.15, 0.2) is 40.1 Å². The molecule has 8 nitrogen and oxygen atoms in total. The Labute approximate surface area is 199 Å². The van der Waals surface area contributed by atoms with Crippen molar-refractivity contribution in [3.05, 3.63) is 61.7 Å². The van der Waals surface area contributed by atoms with Crippen molar-refractivity contribution in [1.29, 1.82) is 0 Å². The molecule has 0 bridgehead atoms. The first-order chi connectivity index (χ1) is 16.6. The van der Waals surface area contributed by atoms with Crippen LogP contribution in [0, 0.1) is 0 Å². The van der Waals surface area contributed by atoms with E-state index in [4.69, 9.17) is 4.74 Å². The summed E-state index contributed by atoms with van der Waals surface area (Å²) in [4.78, 5) is 45.6. The number of aromatic amines is 1. The smallest absolute Gasteiger partial charge is 0.334 e. The van der Waals surface area contributed by atoms with E-state index in [1.165, 1.54) is 9.44 Å². The van der Waals surface area contributed by atoms with E-state index < -0.39 is 5.69 Å². The molecular weight excluding hydrogens is 452 g/mol. The number of morpholine rings is 1. The van der Waals surface area contributed by atoms with Gasteiger partial charge in [0.15, 0.2) is 0 Å². The summed E-state index contributed by atoms with van der Waals surface area (Å²) in [5.41, 5.74) is 1.98. The molecule has 1 fully saturated rings. The van der Waals surface area contributed by atoms with Crippen LogP contribution in [0.1, 0.15) is 29.7 Å². The minimum Gasteiger partial charge on any atom is -0.378 e. The molecule has 34 heavy (non-hydrogen) atoms. The SMILES string of the molecule is O=C(CCn1ccc2cc(-n3c(=O)[nH]c4sc5c(c4c3=O)CCCC5)ccc21)N1CCOCC1. The largest absolute Gasteiger partial charge is 0.378 e. The molecule has 1 amide bonds. The number of nitrogens with zero attached hydrogens (tertiary/aromatic N) is 3. The van der Waals surface area contributed by atoms with Gasteiger partial charge in [-0.15, -0.1) is 11.3 Å². The van der Waals surface area contributed by atoms with Crippen LogP contribution < -0.4 is 11.2 Å². The van der Waals surface area contributed by atoms with Gasteiger partial charge in [-0.25, -0.2) is 9.36 Å². The number of hydrogen-bond donors (Lipinski definition) is 1. The molecule has 0 radical (unpaired) electrons. The number of thiophene rings is 1. The summed E-state index contributed by atoms with van der Waals surface area (Å²) in [6, 6.07) is 7.56. The number of hydrogen-bond acceptors (Lipinski definition) is 5. The fourth-order valence-corrected chi connectivity index (χ4v) is 6.45. The van der Waals surface area contributed by atoms with Gasteiger partial charge in [-0.2, -0.15) is 0 Å². The third-order valence-corrected chi connectivity index (χ3v) is 8.16. The van der Waals surface area contributed by atoms with Gasteiger partial charge >= 0.3 is 5.69 Å². The Bertz CT molecular complexity index is 1520. The minimum absolute atomic E-state index is 0.132. The van der Waals surface area contributed by atoms with Gasteiger partial charge in [-0.05, 0) is 55.5 Å². The summed E-state index contributed by atoms with van der Waals surface area (Å²) in [6.45, 7) is 3.07. The van der Waals surface area contributed by atoms with E-state index >= 15 is 0 Å². The van der Waals surface area contributed by atoms with E-state index in [0.29, 0.717) is 55.2 Å². The van der Waals surface area contributed by atoms with Gasteiger partial charge in [-0.3, -0.25) is 14.6 Å². The van der Waals surface area contributed by atoms with Crippen molar-refractivity contribution in [3.63, 3.8) is 0 Å². The maximum Gasteiger partial charge on any atom is 0.334 e. The molecule has 4 heterocycles. The van der Waals surface area contributed by atoms with Crippen LogP contribution in [0.4, 0.5) is 0 Å². The molecule has 176 valence electrons. The number of H-pyrrole nitrogens is 1. The predicted octanol–water partition coefficient (Wildman–Crippen LogP) is 2.82. The van der Waals surface area contributed by atoms with Crippen molar-refractivity contribution in [2.24, 2.45) is 0 Å². The maximum absolute atomic E-state index is 13.4. The van der Waals surface area contributed by atoms with Crippen molar-refractivity contribution >= 4 is 38.4 Å². The summed E-state index contributed by atoms with van der Waals surface area (Å²) >= 11 is 1.55. The van der Waals surface area contributed by atoms with E-state index in [0.717, 1.165) is 42.1 Å².